The fourth-order valence-corrected chi connectivity index (χ4v) is 1.77. The van der Waals surface area contributed by atoms with Gasteiger partial charge in [-0.25, -0.2) is 0 Å². The number of amides is 1. The summed E-state index contributed by atoms with van der Waals surface area (Å²) in [5, 5.41) is 0. The smallest absolute Gasteiger partial charge is 0.336 e. The minimum atomic E-state index is -5.91. The van der Waals surface area contributed by atoms with E-state index in [0.717, 1.165) is 0 Å². The van der Waals surface area contributed by atoms with Crippen LogP contribution in [-0.2, 0) is 9.59 Å². The first kappa shape index (κ1) is 14.8. The molecule has 1 rings (SSSR count). The number of likely N-dealkylation sites (tertiary alicyclic amines) is 1. The summed E-state index contributed by atoms with van der Waals surface area (Å²) in [7, 11) is 0. The number of hydrogen-bond acceptors (Lipinski definition) is 2. The monoisotopic (exact) mass is 273 g/mol. The number of piperidine rings is 1. The van der Waals surface area contributed by atoms with Crippen molar-refractivity contribution >= 4 is 11.7 Å². The normalized spacial score (nSPS) is 22.2. The summed E-state index contributed by atoms with van der Waals surface area (Å²) in [5.41, 5.74) is 0. The van der Waals surface area contributed by atoms with Gasteiger partial charge in [-0.1, -0.05) is 6.92 Å². The van der Waals surface area contributed by atoms with E-state index in [0.29, 0.717) is 11.3 Å². The maximum absolute atomic E-state index is 12.8. The van der Waals surface area contributed by atoms with Gasteiger partial charge in [-0.2, -0.15) is 22.0 Å². The Labute approximate surface area is 99.9 Å². The molecule has 8 heteroatoms. The van der Waals surface area contributed by atoms with Gasteiger partial charge in [-0.3, -0.25) is 9.59 Å². The largest absolute Gasteiger partial charge is 0.463 e. The summed E-state index contributed by atoms with van der Waals surface area (Å²) in [6.07, 6.45) is -5.79. The third-order valence-electron chi connectivity index (χ3n) is 2.93. The summed E-state index contributed by atoms with van der Waals surface area (Å²) in [6, 6.07) is 0. The van der Waals surface area contributed by atoms with E-state index >= 15 is 0 Å². The maximum Gasteiger partial charge on any atom is 0.463 e. The van der Waals surface area contributed by atoms with Gasteiger partial charge in [-0.05, 0) is 6.42 Å². The summed E-state index contributed by atoms with van der Waals surface area (Å²) < 4.78 is 61.8. The molecule has 1 saturated heterocycles. The van der Waals surface area contributed by atoms with Gasteiger partial charge in [0.05, 0.1) is 0 Å². The number of rotatable bonds is 2. The summed E-state index contributed by atoms with van der Waals surface area (Å²) in [4.78, 5) is 22.9. The van der Waals surface area contributed by atoms with Crippen molar-refractivity contribution in [2.24, 2.45) is 5.92 Å². The van der Waals surface area contributed by atoms with Crippen molar-refractivity contribution in [2.45, 2.75) is 31.9 Å². The second kappa shape index (κ2) is 4.81. The second-order valence-electron chi connectivity index (χ2n) is 4.14. The average molecular weight is 273 g/mol. The van der Waals surface area contributed by atoms with E-state index in [1.54, 1.807) is 6.92 Å². The Morgan fingerprint density at radius 1 is 1.33 bits per heavy atom. The van der Waals surface area contributed by atoms with Crippen LogP contribution in [0.3, 0.4) is 0 Å². The first-order valence-corrected chi connectivity index (χ1v) is 5.38. The van der Waals surface area contributed by atoms with Gasteiger partial charge in [0.1, 0.15) is 5.78 Å². The quantitative estimate of drug-likeness (QED) is 0.722. The Balaban J connectivity index is 2.83. The zero-order valence-corrected chi connectivity index (χ0v) is 9.56. The van der Waals surface area contributed by atoms with E-state index in [4.69, 9.17) is 0 Å². The zero-order chi connectivity index (χ0) is 14.1. The standard InChI is InChI=1S/C10H12F5NO2/c1-2-6-5-16(4-3-7(6)17)8(18)9(11,12)10(13,14)15/h6H,2-5H2,1H3. The minimum absolute atomic E-state index is 0.182. The molecule has 1 aliphatic rings. The number of alkyl halides is 5. The van der Waals surface area contributed by atoms with Crippen LogP contribution in [0.1, 0.15) is 19.8 Å². The molecule has 0 aromatic rings. The average Bonchev–Trinajstić information content (AvgIpc) is 2.27. The first-order valence-electron chi connectivity index (χ1n) is 5.38. The highest BCUT2D eigenvalue weighted by Gasteiger charge is 2.64. The summed E-state index contributed by atoms with van der Waals surface area (Å²) in [5.74, 6) is -8.55. The highest BCUT2D eigenvalue weighted by molar-refractivity contribution is 5.88. The molecular weight excluding hydrogens is 261 g/mol. The van der Waals surface area contributed by atoms with Crippen molar-refractivity contribution in [3.63, 3.8) is 0 Å². The molecule has 1 atom stereocenters. The molecule has 0 radical (unpaired) electrons. The number of ketones is 1. The van der Waals surface area contributed by atoms with Crippen molar-refractivity contribution in [1.82, 2.24) is 4.90 Å². The number of hydrogen-bond donors (Lipinski definition) is 0. The number of carbonyl (C=O) groups is 2. The Morgan fingerprint density at radius 3 is 2.33 bits per heavy atom. The van der Waals surface area contributed by atoms with Crippen LogP contribution in [0.25, 0.3) is 0 Å². The Hall–Kier alpha value is -1.21. The van der Waals surface area contributed by atoms with Gasteiger partial charge < -0.3 is 4.90 Å². The van der Waals surface area contributed by atoms with E-state index in [2.05, 4.69) is 0 Å². The molecule has 0 aromatic heterocycles. The van der Waals surface area contributed by atoms with Crippen molar-refractivity contribution in [3.05, 3.63) is 0 Å². The molecule has 0 bridgehead atoms. The van der Waals surface area contributed by atoms with E-state index < -0.39 is 23.9 Å². The van der Waals surface area contributed by atoms with E-state index in [1.807, 2.05) is 0 Å². The number of Topliss-reactive ketones (excluding diaryl/α,β-unsaturated/α-hetero) is 1. The van der Waals surface area contributed by atoms with Crippen LogP contribution >= 0.6 is 0 Å². The van der Waals surface area contributed by atoms with E-state index in [1.165, 1.54) is 0 Å². The lowest BCUT2D eigenvalue weighted by Crippen LogP contribution is -2.55. The molecule has 0 aliphatic carbocycles. The molecule has 0 aromatic carbocycles. The van der Waals surface area contributed by atoms with Crippen LogP contribution in [-0.4, -0.2) is 41.8 Å². The van der Waals surface area contributed by atoms with Gasteiger partial charge >= 0.3 is 18.0 Å². The predicted molar refractivity (Wildman–Crippen MR) is 51.0 cm³/mol. The Morgan fingerprint density at radius 2 is 1.89 bits per heavy atom. The highest BCUT2D eigenvalue weighted by Crippen LogP contribution is 2.37. The lowest BCUT2D eigenvalue weighted by atomic mass is 9.94. The van der Waals surface area contributed by atoms with Crippen LogP contribution in [0, 0.1) is 5.92 Å². The number of halogens is 5. The Kier molecular flexibility index (Phi) is 3.97. The molecule has 1 amide bonds. The van der Waals surface area contributed by atoms with E-state index in [9.17, 15) is 31.5 Å². The molecule has 1 fully saturated rings. The first-order chi connectivity index (χ1) is 8.11. The SMILES string of the molecule is CCC1CN(C(=O)C(F)(F)C(F)(F)F)CCC1=O. The molecule has 0 saturated carbocycles. The zero-order valence-electron chi connectivity index (χ0n) is 9.56. The predicted octanol–water partition coefficient (Wildman–Crippen LogP) is 2.01. The van der Waals surface area contributed by atoms with Gasteiger partial charge in [-0.15, -0.1) is 0 Å². The number of nitrogens with zero attached hydrogens (tertiary/aromatic N) is 1. The van der Waals surface area contributed by atoms with Crippen molar-refractivity contribution < 1.29 is 31.5 Å². The third-order valence-corrected chi connectivity index (χ3v) is 2.93. The van der Waals surface area contributed by atoms with Gasteiger partial charge in [0.2, 0.25) is 0 Å². The van der Waals surface area contributed by atoms with Crippen LogP contribution in [0.15, 0.2) is 0 Å². The van der Waals surface area contributed by atoms with Gasteiger partial charge in [0.25, 0.3) is 0 Å². The Bertz CT molecular complexity index is 353. The third kappa shape index (κ3) is 2.62. The molecule has 1 heterocycles. The lowest BCUT2D eigenvalue weighted by Gasteiger charge is -2.33. The fraction of sp³-hybridized carbons (Fsp3) is 0.800. The second-order valence-corrected chi connectivity index (χ2v) is 4.14. The summed E-state index contributed by atoms with van der Waals surface area (Å²) in [6.45, 7) is 0.845. The van der Waals surface area contributed by atoms with Gasteiger partial charge in [0.15, 0.2) is 0 Å². The molecule has 1 aliphatic heterocycles. The van der Waals surface area contributed by atoms with Crippen LogP contribution in [0.4, 0.5) is 22.0 Å². The molecule has 0 spiro atoms. The minimum Gasteiger partial charge on any atom is -0.336 e. The van der Waals surface area contributed by atoms with E-state index in [-0.39, 0.29) is 25.3 Å². The molecule has 0 N–H and O–H groups in total. The highest BCUT2D eigenvalue weighted by atomic mass is 19.4. The molecular formula is C10H12F5NO2. The molecule has 3 nitrogen and oxygen atoms in total. The molecule has 1 unspecified atom stereocenters. The lowest BCUT2D eigenvalue weighted by molar-refractivity contribution is -0.274. The molecule has 104 valence electrons. The maximum atomic E-state index is 12.8. The van der Waals surface area contributed by atoms with Crippen LogP contribution in [0.2, 0.25) is 0 Å². The van der Waals surface area contributed by atoms with Gasteiger partial charge in [0, 0.05) is 25.4 Å². The topological polar surface area (TPSA) is 37.4 Å². The fourth-order valence-electron chi connectivity index (χ4n) is 1.77. The van der Waals surface area contributed by atoms with Crippen LogP contribution < -0.4 is 0 Å². The van der Waals surface area contributed by atoms with Crippen molar-refractivity contribution in [1.29, 1.82) is 0 Å². The van der Waals surface area contributed by atoms with Crippen LogP contribution in [0.5, 0.6) is 0 Å². The summed E-state index contributed by atoms with van der Waals surface area (Å²) >= 11 is 0. The van der Waals surface area contributed by atoms with Crippen molar-refractivity contribution in [3.8, 4) is 0 Å². The molecule has 18 heavy (non-hydrogen) atoms. The van der Waals surface area contributed by atoms with Crippen molar-refractivity contribution in [2.75, 3.05) is 13.1 Å². The number of carbonyl (C=O) groups excluding carboxylic acids is 2.